The molecule has 0 heterocycles. The van der Waals surface area contributed by atoms with E-state index >= 15 is 0 Å². The van der Waals surface area contributed by atoms with Crippen LogP contribution in [0.5, 0.6) is 11.5 Å². The van der Waals surface area contributed by atoms with Crippen molar-refractivity contribution < 1.29 is 27.4 Å². The Kier molecular flexibility index (Phi) is 5.71. The molecular weight excluding hydrogens is 391 g/mol. The second-order valence-corrected chi connectivity index (χ2v) is 5.55. The van der Waals surface area contributed by atoms with Crippen LogP contribution in [0.15, 0.2) is 46.9 Å². The topological polar surface area (TPSA) is 47.6 Å². The van der Waals surface area contributed by atoms with Crippen molar-refractivity contribution in [3.05, 3.63) is 52.5 Å². The number of halogens is 4. The van der Waals surface area contributed by atoms with E-state index in [0.29, 0.717) is 10.2 Å². The highest BCUT2D eigenvalue weighted by Gasteiger charge is 2.29. The largest absolute Gasteiger partial charge is 0.497 e. The molecule has 2 aromatic carbocycles. The Hall–Kier alpha value is -2.22. The summed E-state index contributed by atoms with van der Waals surface area (Å²) in [5.74, 6) is -0.101. The average Bonchev–Trinajstić information content (AvgIpc) is 2.53. The fourth-order valence-electron chi connectivity index (χ4n) is 1.85. The molecular formula is C16H13BrF3NO3. The van der Waals surface area contributed by atoms with Gasteiger partial charge in [-0.25, -0.2) is 0 Å². The van der Waals surface area contributed by atoms with Gasteiger partial charge in [-0.3, -0.25) is 4.79 Å². The Morgan fingerprint density at radius 3 is 2.58 bits per heavy atom. The zero-order valence-electron chi connectivity index (χ0n) is 12.5. The quantitative estimate of drug-likeness (QED) is 0.790. The Morgan fingerprint density at radius 1 is 1.21 bits per heavy atom. The number of nitrogens with one attached hydrogen (secondary N) is 1. The number of rotatable bonds is 5. The van der Waals surface area contributed by atoms with Crippen LogP contribution in [0.4, 0.5) is 18.9 Å². The summed E-state index contributed by atoms with van der Waals surface area (Å²) in [5, 5.41) is 2.54. The van der Waals surface area contributed by atoms with E-state index in [4.69, 9.17) is 9.47 Å². The molecule has 0 atom stereocenters. The standard InChI is InChI=1S/C16H13BrF3NO3/c1-23-10-6-7-12(17)11(8-10)15(22)21-13-4-2-3-5-14(13)24-9-16(18,19)20/h2-8H,9H2,1H3,(H,21,22). The molecule has 0 aliphatic heterocycles. The summed E-state index contributed by atoms with van der Waals surface area (Å²) in [4.78, 5) is 12.4. The van der Waals surface area contributed by atoms with Crippen molar-refractivity contribution in [1.82, 2.24) is 0 Å². The van der Waals surface area contributed by atoms with Gasteiger partial charge in [-0.15, -0.1) is 0 Å². The number of hydrogen-bond acceptors (Lipinski definition) is 3. The predicted molar refractivity (Wildman–Crippen MR) is 86.6 cm³/mol. The molecule has 0 saturated carbocycles. The molecule has 0 spiro atoms. The molecule has 0 bridgehead atoms. The maximum absolute atomic E-state index is 12.4. The van der Waals surface area contributed by atoms with Crippen molar-refractivity contribution in [2.24, 2.45) is 0 Å². The number of para-hydroxylation sites is 2. The lowest BCUT2D eigenvalue weighted by atomic mass is 10.2. The van der Waals surface area contributed by atoms with Crippen molar-refractivity contribution in [3.8, 4) is 11.5 Å². The minimum Gasteiger partial charge on any atom is -0.497 e. The Labute approximate surface area is 144 Å². The van der Waals surface area contributed by atoms with E-state index in [-0.39, 0.29) is 17.0 Å². The fourth-order valence-corrected chi connectivity index (χ4v) is 2.28. The monoisotopic (exact) mass is 403 g/mol. The maximum atomic E-state index is 12.4. The van der Waals surface area contributed by atoms with Crippen molar-refractivity contribution in [1.29, 1.82) is 0 Å². The Bertz CT molecular complexity index is 735. The van der Waals surface area contributed by atoms with Gasteiger partial charge in [0.25, 0.3) is 5.91 Å². The van der Waals surface area contributed by atoms with Crippen molar-refractivity contribution >= 4 is 27.5 Å². The van der Waals surface area contributed by atoms with Crippen LogP contribution in [0.2, 0.25) is 0 Å². The SMILES string of the molecule is COc1ccc(Br)c(C(=O)Nc2ccccc2OCC(F)(F)F)c1. The Morgan fingerprint density at radius 2 is 1.92 bits per heavy atom. The molecule has 2 aromatic rings. The molecule has 2 rings (SSSR count). The molecule has 0 fully saturated rings. The maximum Gasteiger partial charge on any atom is 0.422 e. The van der Waals surface area contributed by atoms with Gasteiger partial charge >= 0.3 is 6.18 Å². The first-order chi connectivity index (χ1) is 11.3. The second-order valence-electron chi connectivity index (χ2n) is 4.70. The summed E-state index contributed by atoms with van der Waals surface area (Å²) in [6.45, 7) is -1.44. The zero-order valence-corrected chi connectivity index (χ0v) is 14.1. The van der Waals surface area contributed by atoms with Gasteiger partial charge in [-0.1, -0.05) is 12.1 Å². The lowest BCUT2D eigenvalue weighted by Gasteiger charge is -2.14. The number of hydrogen-bond donors (Lipinski definition) is 1. The average molecular weight is 404 g/mol. The van der Waals surface area contributed by atoms with Gasteiger partial charge in [0.2, 0.25) is 0 Å². The molecule has 0 aromatic heterocycles. The molecule has 0 unspecified atom stereocenters. The third-order valence-electron chi connectivity index (χ3n) is 2.94. The van der Waals surface area contributed by atoms with Crippen LogP contribution in [-0.2, 0) is 0 Å². The number of amides is 1. The van der Waals surface area contributed by atoms with Gasteiger partial charge in [-0.05, 0) is 46.3 Å². The van der Waals surface area contributed by atoms with Crippen LogP contribution in [-0.4, -0.2) is 25.8 Å². The Balaban J connectivity index is 2.20. The van der Waals surface area contributed by atoms with Crippen molar-refractivity contribution in [3.63, 3.8) is 0 Å². The van der Waals surface area contributed by atoms with E-state index in [1.54, 1.807) is 18.2 Å². The number of ether oxygens (including phenoxy) is 2. The third kappa shape index (κ3) is 4.89. The van der Waals surface area contributed by atoms with Crippen LogP contribution in [0, 0.1) is 0 Å². The van der Waals surface area contributed by atoms with Crippen LogP contribution in [0.3, 0.4) is 0 Å². The van der Waals surface area contributed by atoms with Crippen LogP contribution in [0.25, 0.3) is 0 Å². The first kappa shape index (κ1) is 18.1. The molecule has 0 saturated heterocycles. The van der Waals surface area contributed by atoms with Gasteiger partial charge in [-0.2, -0.15) is 13.2 Å². The normalized spacial score (nSPS) is 11.0. The van der Waals surface area contributed by atoms with Crippen LogP contribution >= 0.6 is 15.9 Å². The highest BCUT2D eigenvalue weighted by atomic mass is 79.9. The zero-order chi connectivity index (χ0) is 17.7. The molecule has 4 nitrogen and oxygen atoms in total. The lowest BCUT2D eigenvalue weighted by Crippen LogP contribution is -2.20. The number of carbonyl (C=O) groups excluding carboxylic acids is 1. The lowest BCUT2D eigenvalue weighted by molar-refractivity contribution is -0.153. The number of alkyl halides is 3. The summed E-state index contributed by atoms with van der Waals surface area (Å²) >= 11 is 3.25. The summed E-state index contributed by atoms with van der Waals surface area (Å²) in [5.41, 5.74) is 0.418. The van der Waals surface area contributed by atoms with Crippen LogP contribution < -0.4 is 14.8 Å². The molecule has 24 heavy (non-hydrogen) atoms. The highest BCUT2D eigenvalue weighted by molar-refractivity contribution is 9.10. The molecule has 1 N–H and O–H groups in total. The van der Waals surface area contributed by atoms with E-state index in [0.717, 1.165) is 0 Å². The first-order valence-electron chi connectivity index (χ1n) is 6.73. The van der Waals surface area contributed by atoms with Crippen molar-refractivity contribution in [2.45, 2.75) is 6.18 Å². The number of benzene rings is 2. The molecule has 0 aliphatic rings. The molecule has 128 valence electrons. The van der Waals surface area contributed by atoms with E-state index in [9.17, 15) is 18.0 Å². The van der Waals surface area contributed by atoms with Gasteiger partial charge in [0.1, 0.15) is 11.5 Å². The summed E-state index contributed by atoms with van der Waals surface area (Å²) < 4.78 is 47.2. The van der Waals surface area contributed by atoms with Gasteiger partial charge in [0, 0.05) is 4.47 Å². The summed E-state index contributed by atoms with van der Waals surface area (Å²) in [6.07, 6.45) is -4.47. The van der Waals surface area contributed by atoms with Crippen molar-refractivity contribution in [2.75, 3.05) is 19.0 Å². The van der Waals surface area contributed by atoms with E-state index in [2.05, 4.69) is 21.2 Å². The van der Waals surface area contributed by atoms with Gasteiger partial charge in [0.05, 0.1) is 18.4 Å². The van der Waals surface area contributed by atoms with Gasteiger partial charge in [0.15, 0.2) is 6.61 Å². The number of anilines is 1. The van der Waals surface area contributed by atoms with Gasteiger partial charge < -0.3 is 14.8 Å². The summed E-state index contributed by atoms with van der Waals surface area (Å²) in [6, 6.07) is 10.7. The minimum atomic E-state index is -4.47. The number of carbonyl (C=O) groups is 1. The minimum absolute atomic E-state index is 0.0674. The predicted octanol–water partition coefficient (Wildman–Crippen LogP) is 4.65. The third-order valence-corrected chi connectivity index (χ3v) is 3.64. The molecule has 8 heteroatoms. The smallest absolute Gasteiger partial charge is 0.422 e. The summed E-state index contributed by atoms with van der Waals surface area (Å²) in [7, 11) is 1.46. The first-order valence-corrected chi connectivity index (χ1v) is 7.53. The highest BCUT2D eigenvalue weighted by Crippen LogP contribution is 2.28. The molecule has 0 radical (unpaired) electrons. The second kappa shape index (κ2) is 7.57. The number of methoxy groups -OCH3 is 1. The molecule has 0 aliphatic carbocycles. The molecule has 1 amide bonds. The van der Waals surface area contributed by atoms with E-state index in [1.807, 2.05) is 0 Å². The van der Waals surface area contributed by atoms with E-state index < -0.39 is 18.7 Å². The fraction of sp³-hybridized carbons (Fsp3) is 0.188. The van der Waals surface area contributed by atoms with Crippen LogP contribution in [0.1, 0.15) is 10.4 Å². The van der Waals surface area contributed by atoms with E-state index in [1.165, 1.54) is 31.4 Å².